The summed E-state index contributed by atoms with van der Waals surface area (Å²) in [5.41, 5.74) is 0.467. The molecule has 5 nitrogen and oxygen atoms in total. The lowest BCUT2D eigenvalue weighted by molar-refractivity contribution is -0.147. The molecule has 1 aromatic carbocycles. The van der Waals surface area contributed by atoms with E-state index in [1.54, 1.807) is 17.0 Å². The number of rotatable bonds is 4. The molecule has 1 spiro atoms. The molecule has 1 atom stereocenters. The average Bonchev–Trinajstić information content (AvgIpc) is 3.00. The quantitative estimate of drug-likeness (QED) is 0.844. The molecule has 0 radical (unpaired) electrons. The minimum Gasteiger partial charge on any atom is -0.375 e. The Morgan fingerprint density at radius 2 is 2.00 bits per heavy atom. The van der Waals surface area contributed by atoms with E-state index in [0.29, 0.717) is 32.6 Å². The van der Waals surface area contributed by atoms with Crippen molar-refractivity contribution < 1.29 is 18.7 Å². The number of halogens is 1. The van der Waals surface area contributed by atoms with Gasteiger partial charge in [-0.3, -0.25) is 9.59 Å². The Bertz CT molecular complexity index is 619. The van der Waals surface area contributed by atoms with Crippen LogP contribution in [0.5, 0.6) is 0 Å². The fourth-order valence-electron chi connectivity index (χ4n) is 3.79. The van der Waals surface area contributed by atoms with Crippen LogP contribution in [0.1, 0.15) is 24.8 Å². The van der Waals surface area contributed by atoms with Gasteiger partial charge in [-0.05, 0) is 37.0 Å². The number of hydrogen-bond donors (Lipinski definition) is 0. The summed E-state index contributed by atoms with van der Waals surface area (Å²) in [6.07, 6.45) is 2.46. The standard InChI is InChI=1S/C18H23FN2O3/c1-24-12-16(22)21-10-8-18(13-21)7-2-9-20(17(18)23)11-14-3-5-15(19)6-4-14/h3-6H,2,7-13H2,1H3/t18-/m0/s1. The Hall–Kier alpha value is -1.95. The summed E-state index contributed by atoms with van der Waals surface area (Å²) in [6.45, 7) is 2.35. The van der Waals surface area contributed by atoms with Crippen molar-refractivity contribution in [2.45, 2.75) is 25.8 Å². The van der Waals surface area contributed by atoms with Gasteiger partial charge in [-0.25, -0.2) is 4.39 Å². The highest BCUT2D eigenvalue weighted by Crippen LogP contribution is 2.40. The van der Waals surface area contributed by atoms with Crippen molar-refractivity contribution in [1.29, 1.82) is 0 Å². The monoisotopic (exact) mass is 334 g/mol. The molecule has 0 aliphatic carbocycles. The van der Waals surface area contributed by atoms with Gasteiger partial charge >= 0.3 is 0 Å². The molecule has 6 heteroatoms. The van der Waals surface area contributed by atoms with Crippen LogP contribution < -0.4 is 0 Å². The largest absolute Gasteiger partial charge is 0.375 e. The second-order valence-corrected chi connectivity index (χ2v) is 6.74. The molecule has 0 N–H and O–H groups in total. The van der Waals surface area contributed by atoms with E-state index in [-0.39, 0.29) is 24.2 Å². The predicted octanol–water partition coefficient (Wildman–Crippen LogP) is 1.81. The Morgan fingerprint density at radius 3 is 2.71 bits per heavy atom. The fourth-order valence-corrected chi connectivity index (χ4v) is 3.79. The van der Waals surface area contributed by atoms with E-state index in [2.05, 4.69) is 0 Å². The lowest BCUT2D eigenvalue weighted by Crippen LogP contribution is -2.50. The van der Waals surface area contributed by atoms with Crippen molar-refractivity contribution in [3.63, 3.8) is 0 Å². The first-order chi connectivity index (χ1) is 11.5. The zero-order valence-corrected chi connectivity index (χ0v) is 14.0. The third kappa shape index (κ3) is 3.29. The molecule has 2 amide bonds. The number of nitrogens with zero attached hydrogens (tertiary/aromatic N) is 2. The zero-order valence-electron chi connectivity index (χ0n) is 14.0. The van der Waals surface area contributed by atoms with Gasteiger partial charge < -0.3 is 14.5 Å². The van der Waals surface area contributed by atoms with Crippen LogP contribution >= 0.6 is 0 Å². The molecule has 0 unspecified atom stereocenters. The van der Waals surface area contributed by atoms with Gasteiger partial charge in [0.05, 0.1) is 5.41 Å². The molecule has 2 saturated heterocycles. The molecule has 2 heterocycles. The summed E-state index contributed by atoms with van der Waals surface area (Å²) in [6, 6.07) is 6.26. The molecule has 24 heavy (non-hydrogen) atoms. The van der Waals surface area contributed by atoms with Crippen molar-refractivity contribution in [3.05, 3.63) is 35.6 Å². The number of carbonyl (C=O) groups excluding carboxylic acids is 2. The van der Waals surface area contributed by atoms with Crippen LogP contribution in [0.4, 0.5) is 4.39 Å². The summed E-state index contributed by atoms with van der Waals surface area (Å²) < 4.78 is 17.9. The third-order valence-corrected chi connectivity index (χ3v) is 5.09. The highest BCUT2D eigenvalue weighted by molar-refractivity contribution is 5.86. The number of carbonyl (C=O) groups is 2. The van der Waals surface area contributed by atoms with Crippen LogP contribution in [0, 0.1) is 11.2 Å². The average molecular weight is 334 g/mol. The highest BCUT2D eigenvalue weighted by Gasteiger charge is 2.49. The summed E-state index contributed by atoms with van der Waals surface area (Å²) >= 11 is 0. The Morgan fingerprint density at radius 1 is 1.25 bits per heavy atom. The van der Waals surface area contributed by atoms with E-state index in [9.17, 15) is 14.0 Å². The number of hydrogen-bond acceptors (Lipinski definition) is 3. The van der Waals surface area contributed by atoms with Crippen LogP contribution in [0.25, 0.3) is 0 Å². The fraction of sp³-hybridized carbons (Fsp3) is 0.556. The van der Waals surface area contributed by atoms with Crippen LogP contribution in [-0.2, 0) is 20.9 Å². The Kier molecular flexibility index (Phi) is 4.85. The van der Waals surface area contributed by atoms with Crippen molar-refractivity contribution >= 4 is 11.8 Å². The van der Waals surface area contributed by atoms with Gasteiger partial charge in [0, 0.05) is 33.3 Å². The van der Waals surface area contributed by atoms with Gasteiger partial charge in [-0.15, -0.1) is 0 Å². The number of ether oxygens (including phenoxy) is 1. The number of likely N-dealkylation sites (tertiary alicyclic amines) is 2. The van der Waals surface area contributed by atoms with Gasteiger partial charge in [0.1, 0.15) is 12.4 Å². The van der Waals surface area contributed by atoms with E-state index in [4.69, 9.17) is 4.74 Å². The number of amides is 2. The smallest absolute Gasteiger partial charge is 0.248 e. The molecule has 2 aliphatic heterocycles. The molecule has 0 bridgehead atoms. The third-order valence-electron chi connectivity index (χ3n) is 5.09. The lowest BCUT2D eigenvalue weighted by atomic mass is 9.78. The SMILES string of the molecule is COCC(=O)N1CC[C@@]2(CCCN(Cc3ccc(F)cc3)C2=O)C1. The molecule has 0 saturated carbocycles. The Balaban J connectivity index is 1.69. The topological polar surface area (TPSA) is 49.9 Å². The van der Waals surface area contributed by atoms with E-state index < -0.39 is 5.41 Å². The molecular formula is C18H23FN2O3. The number of piperidine rings is 1. The minimum absolute atomic E-state index is 0.0576. The summed E-state index contributed by atoms with van der Waals surface area (Å²) in [5.74, 6) is -0.216. The first kappa shape index (κ1) is 16.9. The van der Waals surface area contributed by atoms with Crippen molar-refractivity contribution in [3.8, 4) is 0 Å². The molecule has 1 aromatic rings. The number of benzene rings is 1. The maximum atomic E-state index is 13.0. The van der Waals surface area contributed by atoms with E-state index >= 15 is 0 Å². The number of methoxy groups -OCH3 is 1. The van der Waals surface area contributed by atoms with E-state index in [1.165, 1.54) is 19.2 Å². The van der Waals surface area contributed by atoms with Crippen LogP contribution in [-0.4, -0.2) is 55.0 Å². The van der Waals surface area contributed by atoms with Crippen LogP contribution in [0.2, 0.25) is 0 Å². The minimum atomic E-state index is -0.457. The van der Waals surface area contributed by atoms with Crippen LogP contribution in [0.3, 0.4) is 0 Å². The highest BCUT2D eigenvalue weighted by atomic mass is 19.1. The van der Waals surface area contributed by atoms with E-state index in [1.807, 2.05) is 4.90 Å². The predicted molar refractivity (Wildman–Crippen MR) is 86.6 cm³/mol. The van der Waals surface area contributed by atoms with Crippen molar-refractivity contribution in [2.24, 2.45) is 5.41 Å². The first-order valence-electron chi connectivity index (χ1n) is 8.35. The normalized spacial score (nSPS) is 24.0. The van der Waals surface area contributed by atoms with Crippen molar-refractivity contribution in [2.75, 3.05) is 33.4 Å². The zero-order chi connectivity index (χ0) is 17.2. The maximum Gasteiger partial charge on any atom is 0.248 e. The molecule has 0 aromatic heterocycles. The molecule has 2 aliphatic rings. The van der Waals surface area contributed by atoms with E-state index in [0.717, 1.165) is 18.4 Å². The van der Waals surface area contributed by atoms with Crippen molar-refractivity contribution in [1.82, 2.24) is 9.80 Å². The van der Waals surface area contributed by atoms with Gasteiger partial charge in [0.2, 0.25) is 11.8 Å². The van der Waals surface area contributed by atoms with Gasteiger partial charge in [-0.2, -0.15) is 0 Å². The summed E-state index contributed by atoms with van der Waals surface area (Å²) in [7, 11) is 1.50. The lowest BCUT2D eigenvalue weighted by Gasteiger charge is -2.39. The van der Waals surface area contributed by atoms with Crippen LogP contribution in [0.15, 0.2) is 24.3 Å². The molecule has 130 valence electrons. The summed E-state index contributed by atoms with van der Waals surface area (Å²) in [4.78, 5) is 28.6. The Labute approximate surface area is 141 Å². The summed E-state index contributed by atoms with van der Waals surface area (Å²) in [5, 5.41) is 0. The van der Waals surface area contributed by atoms with Gasteiger partial charge in [0.15, 0.2) is 0 Å². The second-order valence-electron chi connectivity index (χ2n) is 6.74. The maximum absolute atomic E-state index is 13.0. The van der Waals surface area contributed by atoms with Gasteiger partial charge in [-0.1, -0.05) is 12.1 Å². The molecular weight excluding hydrogens is 311 g/mol. The second kappa shape index (κ2) is 6.89. The first-order valence-corrected chi connectivity index (χ1v) is 8.35. The molecule has 3 rings (SSSR count). The molecule has 2 fully saturated rings. The van der Waals surface area contributed by atoms with Gasteiger partial charge in [0.25, 0.3) is 0 Å².